The zero-order chi connectivity index (χ0) is 15.4. The highest BCUT2D eigenvalue weighted by Gasteiger charge is 2.22. The van der Waals surface area contributed by atoms with Crippen LogP contribution < -0.4 is 16.4 Å². The van der Waals surface area contributed by atoms with Gasteiger partial charge in [-0.1, -0.05) is 25.0 Å². The van der Waals surface area contributed by atoms with Crippen LogP contribution in [0.25, 0.3) is 0 Å². The van der Waals surface area contributed by atoms with E-state index in [2.05, 4.69) is 44.9 Å². The van der Waals surface area contributed by atoms with E-state index in [9.17, 15) is 0 Å². The Kier molecular flexibility index (Phi) is 4.48. The van der Waals surface area contributed by atoms with Crippen LogP contribution in [0.3, 0.4) is 0 Å². The molecule has 1 saturated carbocycles. The Morgan fingerprint density at radius 1 is 1.23 bits per heavy atom. The van der Waals surface area contributed by atoms with Crippen LogP contribution in [0.4, 0.5) is 17.5 Å². The van der Waals surface area contributed by atoms with E-state index in [0.717, 1.165) is 18.5 Å². The van der Waals surface area contributed by atoms with Crippen molar-refractivity contribution >= 4 is 17.5 Å². The molecule has 6 heteroatoms. The molecule has 2 aromatic rings. The second-order valence-corrected chi connectivity index (χ2v) is 5.86. The summed E-state index contributed by atoms with van der Waals surface area (Å²) in [4.78, 5) is 4.47. The van der Waals surface area contributed by atoms with Gasteiger partial charge in [-0.2, -0.15) is 10.1 Å². The quantitative estimate of drug-likeness (QED) is 0.804. The van der Waals surface area contributed by atoms with Crippen LogP contribution in [0, 0.1) is 6.92 Å². The maximum absolute atomic E-state index is 6.15. The highest BCUT2D eigenvalue weighted by Crippen LogP contribution is 2.20. The van der Waals surface area contributed by atoms with Crippen molar-refractivity contribution in [3.05, 3.63) is 36.0 Å². The standard InChI is InChI=1S/C16H22N6/c1-11-5-4-6-12(9-11)19-15-10-18-22-16(21-15)20-14-8-3-2-7-13(14)17/h4-6,9-10,13-14H,2-3,7-8,17H2,1H3,(H2,19,20,21,22)/t13-,14+/m0/s1. The maximum Gasteiger partial charge on any atom is 0.244 e. The number of anilines is 3. The van der Waals surface area contributed by atoms with E-state index in [1.165, 1.54) is 18.4 Å². The summed E-state index contributed by atoms with van der Waals surface area (Å²) in [5.74, 6) is 1.20. The zero-order valence-electron chi connectivity index (χ0n) is 12.8. The molecule has 6 nitrogen and oxygen atoms in total. The van der Waals surface area contributed by atoms with Gasteiger partial charge in [-0.25, -0.2) is 0 Å². The lowest BCUT2D eigenvalue weighted by Gasteiger charge is -2.29. The van der Waals surface area contributed by atoms with Crippen LogP contribution in [0.2, 0.25) is 0 Å². The number of aromatic nitrogens is 3. The molecule has 1 aliphatic carbocycles. The van der Waals surface area contributed by atoms with Crippen LogP contribution in [0.15, 0.2) is 30.5 Å². The molecule has 116 valence electrons. The van der Waals surface area contributed by atoms with E-state index in [-0.39, 0.29) is 12.1 Å². The minimum atomic E-state index is 0.158. The lowest BCUT2D eigenvalue weighted by Crippen LogP contribution is -2.43. The second-order valence-electron chi connectivity index (χ2n) is 5.86. The molecular formula is C16H22N6. The van der Waals surface area contributed by atoms with Gasteiger partial charge in [0, 0.05) is 17.8 Å². The van der Waals surface area contributed by atoms with Gasteiger partial charge in [-0.15, -0.1) is 5.10 Å². The van der Waals surface area contributed by atoms with Gasteiger partial charge >= 0.3 is 0 Å². The van der Waals surface area contributed by atoms with Gasteiger partial charge in [0.25, 0.3) is 0 Å². The lowest BCUT2D eigenvalue weighted by atomic mass is 9.91. The Hall–Kier alpha value is -2.21. The number of hydrogen-bond acceptors (Lipinski definition) is 6. The number of rotatable bonds is 4. The van der Waals surface area contributed by atoms with E-state index in [4.69, 9.17) is 5.73 Å². The molecule has 4 N–H and O–H groups in total. The number of nitrogens with two attached hydrogens (primary N) is 1. The van der Waals surface area contributed by atoms with Gasteiger partial charge in [-0.3, -0.25) is 0 Å². The molecule has 0 saturated heterocycles. The first-order valence-corrected chi connectivity index (χ1v) is 7.76. The molecule has 0 aliphatic heterocycles. The topological polar surface area (TPSA) is 88.8 Å². The third kappa shape index (κ3) is 3.71. The van der Waals surface area contributed by atoms with Gasteiger partial charge in [0.05, 0.1) is 6.20 Å². The first kappa shape index (κ1) is 14.7. The summed E-state index contributed by atoms with van der Waals surface area (Å²) in [5.41, 5.74) is 8.33. The Bertz CT molecular complexity index is 630. The van der Waals surface area contributed by atoms with Gasteiger partial charge in [0.2, 0.25) is 5.95 Å². The molecule has 0 spiro atoms. The molecule has 1 aromatic carbocycles. The van der Waals surface area contributed by atoms with Crippen LogP contribution >= 0.6 is 0 Å². The third-order valence-electron chi connectivity index (χ3n) is 3.98. The number of benzene rings is 1. The van der Waals surface area contributed by atoms with Crippen molar-refractivity contribution in [1.82, 2.24) is 15.2 Å². The first-order valence-electron chi connectivity index (χ1n) is 7.76. The fraction of sp³-hybridized carbons (Fsp3) is 0.438. The fourth-order valence-corrected chi connectivity index (χ4v) is 2.80. The molecule has 1 aromatic heterocycles. The van der Waals surface area contributed by atoms with Crippen molar-refractivity contribution in [2.45, 2.75) is 44.7 Å². The van der Waals surface area contributed by atoms with Crippen LogP contribution in [-0.4, -0.2) is 27.3 Å². The largest absolute Gasteiger partial charge is 0.349 e. The SMILES string of the molecule is Cc1cccc(Nc2cnnc(N[C@@H]3CCCC[C@@H]3N)n2)c1. The normalized spacial score (nSPS) is 21.4. The molecule has 0 bridgehead atoms. The summed E-state index contributed by atoms with van der Waals surface area (Å²) in [6, 6.07) is 8.51. The Morgan fingerprint density at radius 2 is 2.09 bits per heavy atom. The van der Waals surface area contributed by atoms with Gasteiger partial charge in [0.15, 0.2) is 5.82 Å². The van der Waals surface area contributed by atoms with Crippen molar-refractivity contribution in [3.63, 3.8) is 0 Å². The lowest BCUT2D eigenvalue weighted by molar-refractivity contribution is 0.402. The third-order valence-corrected chi connectivity index (χ3v) is 3.98. The van der Waals surface area contributed by atoms with Gasteiger partial charge in [-0.05, 0) is 37.5 Å². The molecule has 2 atom stereocenters. The Labute approximate surface area is 130 Å². The zero-order valence-corrected chi connectivity index (χ0v) is 12.8. The predicted molar refractivity (Wildman–Crippen MR) is 88.1 cm³/mol. The number of aryl methyl sites for hydroxylation is 1. The molecular weight excluding hydrogens is 276 g/mol. The number of nitrogens with one attached hydrogen (secondary N) is 2. The summed E-state index contributed by atoms with van der Waals surface area (Å²) in [6.07, 6.45) is 6.12. The minimum Gasteiger partial charge on any atom is -0.349 e. The van der Waals surface area contributed by atoms with E-state index >= 15 is 0 Å². The van der Waals surface area contributed by atoms with E-state index in [1.807, 2.05) is 12.1 Å². The van der Waals surface area contributed by atoms with Crippen molar-refractivity contribution in [3.8, 4) is 0 Å². The molecule has 3 rings (SSSR count). The van der Waals surface area contributed by atoms with E-state index in [1.54, 1.807) is 6.20 Å². The van der Waals surface area contributed by atoms with E-state index in [0.29, 0.717) is 11.8 Å². The average molecular weight is 298 g/mol. The molecule has 1 aliphatic rings. The molecule has 0 radical (unpaired) electrons. The summed E-state index contributed by atoms with van der Waals surface area (Å²) < 4.78 is 0. The smallest absolute Gasteiger partial charge is 0.244 e. The second kappa shape index (κ2) is 6.70. The number of hydrogen-bond donors (Lipinski definition) is 3. The number of nitrogens with zero attached hydrogens (tertiary/aromatic N) is 3. The molecule has 0 amide bonds. The minimum absolute atomic E-state index is 0.158. The molecule has 1 fully saturated rings. The van der Waals surface area contributed by atoms with Crippen molar-refractivity contribution in [2.24, 2.45) is 5.73 Å². The van der Waals surface area contributed by atoms with Gasteiger partial charge < -0.3 is 16.4 Å². The Balaban J connectivity index is 1.69. The summed E-state index contributed by atoms with van der Waals surface area (Å²) in [7, 11) is 0. The van der Waals surface area contributed by atoms with Crippen molar-refractivity contribution < 1.29 is 0 Å². The molecule has 22 heavy (non-hydrogen) atoms. The highest BCUT2D eigenvalue weighted by molar-refractivity contribution is 5.56. The monoisotopic (exact) mass is 298 g/mol. The van der Waals surface area contributed by atoms with Crippen LogP contribution in [0.5, 0.6) is 0 Å². The maximum atomic E-state index is 6.15. The highest BCUT2D eigenvalue weighted by atomic mass is 15.3. The molecule has 1 heterocycles. The fourth-order valence-electron chi connectivity index (χ4n) is 2.80. The summed E-state index contributed by atoms with van der Waals surface area (Å²) >= 11 is 0. The van der Waals surface area contributed by atoms with Crippen LogP contribution in [0.1, 0.15) is 31.2 Å². The summed E-state index contributed by atoms with van der Waals surface area (Å²) in [6.45, 7) is 2.06. The van der Waals surface area contributed by atoms with Crippen LogP contribution in [-0.2, 0) is 0 Å². The Morgan fingerprint density at radius 3 is 2.91 bits per heavy atom. The van der Waals surface area contributed by atoms with Gasteiger partial charge in [0.1, 0.15) is 0 Å². The average Bonchev–Trinajstić information content (AvgIpc) is 2.50. The summed E-state index contributed by atoms with van der Waals surface area (Å²) in [5, 5.41) is 14.6. The first-order chi connectivity index (χ1) is 10.7. The van der Waals surface area contributed by atoms with E-state index < -0.39 is 0 Å². The predicted octanol–water partition coefficient (Wildman–Crippen LogP) is 2.61. The van der Waals surface area contributed by atoms with Crippen molar-refractivity contribution in [2.75, 3.05) is 10.6 Å². The molecule has 0 unspecified atom stereocenters. The van der Waals surface area contributed by atoms with Crippen molar-refractivity contribution in [1.29, 1.82) is 0 Å².